The molecule has 1 N–H and O–H groups in total. The van der Waals surface area contributed by atoms with Gasteiger partial charge in [-0.3, -0.25) is 9.69 Å². The molecule has 0 unspecified atom stereocenters. The van der Waals surface area contributed by atoms with Gasteiger partial charge >= 0.3 is 0 Å². The number of hydrogen-bond donors (Lipinski definition) is 1. The van der Waals surface area contributed by atoms with Crippen LogP contribution in [0.25, 0.3) is 0 Å². The Morgan fingerprint density at radius 2 is 1.87 bits per heavy atom. The highest BCUT2D eigenvalue weighted by atomic mass is 35.6. The van der Waals surface area contributed by atoms with Gasteiger partial charge in [0.05, 0.1) is 0 Å². The molecule has 2 rings (SSSR count). The molecule has 4 nitrogen and oxygen atoms in total. The first-order chi connectivity index (χ1) is 10.8. The Bertz CT molecular complexity index is 509. The summed E-state index contributed by atoms with van der Waals surface area (Å²) in [6.07, 6.45) is 2.52. The molecule has 1 aliphatic rings. The van der Waals surface area contributed by atoms with Crippen molar-refractivity contribution in [2.45, 2.75) is 23.6 Å². The van der Waals surface area contributed by atoms with Crippen molar-refractivity contribution in [2.24, 2.45) is 5.92 Å². The molecule has 0 atom stereocenters. The number of halogens is 3. The molecule has 0 spiro atoms. The molecule has 0 bridgehead atoms. The summed E-state index contributed by atoms with van der Waals surface area (Å²) in [6.45, 7) is 6.17. The van der Waals surface area contributed by atoms with Crippen LogP contribution < -0.4 is 10.1 Å². The molecule has 23 heavy (non-hydrogen) atoms. The van der Waals surface area contributed by atoms with E-state index in [1.54, 1.807) is 24.3 Å². The highest BCUT2D eigenvalue weighted by Gasteiger charge is 2.30. The number of hydrogen-bond acceptors (Lipinski definition) is 3. The van der Waals surface area contributed by atoms with Crippen LogP contribution in [0.3, 0.4) is 0 Å². The normalized spacial score (nSPS) is 17.0. The van der Waals surface area contributed by atoms with Gasteiger partial charge in [-0.2, -0.15) is 0 Å². The maximum absolute atomic E-state index is 11.5. The lowest BCUT2D eigenvalue weighted by Crippen LogP contribution is -2.35. The number of carbonyl (C=O) groups is 1. The minimum Gasteiger partial charge on any atom is -0.492 e. The number of amides is 1. The fourth-order valence-electron chi connectivity index (χ4n) is 2.41. The van der Waals surface area contributed by atoms with Crippen LogP contribution in [-0.2, 0) is 4.79 Å². The van der Waals surface area contributed by atoms with Crippen LogP contribution in [0.5, 0.6) is 5.75 Å². The average molecular weight is 380 g/mol. The number of carbonyl (C=O) groups excluding carboxylic acids is 1. The lowest BCUT2D eigenvalue weighted by atomic mass is 9.99. The Labute approximate surface area is 152 Å². The predicted molar refractivity (Wildman–Crippen MR) is 95.7 cm³/mol. The van der Waals surface area contributed by atoms with Crippen LogP contribution in [0.1, 0.15) is 19.8 Å². The minimum atomic E-state index is -1.97. The van der Waals surface area contributed by atoms with E-state index in [2.05, 4.69) is 17.1 Å². The standard InChI is InChI=1S/C16H21Cl3N2O2/c1-12-6-8-21(9-7-12)10-11-23-14-4-2-13(3-5-14)20-15(22)16(17,18)19/h2-5,12H,6-11H2,1H3,(H,20,22). The van der Waals surface area contributed by atoms with Crippen molar-refractivity contribution in [1.29, 1.82) is 0 Å². The quantitative estimate of drug-likeness (QED) is 0.783. The minimum absolute atomic E-state index is 0.554. The monoisotopic (exact) mass is 378 g/mol. The van der Waals surface area contributed by atoms with Gasteiger partial charge in [0, 0.05) is 12.2 Å². The average Bonchev–Trinajstić information content (AvgIpc) is 2.50. The van der Waals surface area contributed by atoms with Gasteiger partial charge in [-0.05, 0) is 56.1 Å². The van der Waals surface area contributed by atoms with Gasteiger partial charge in [-0.15, -0.1) is 0 Å². The second-order valence-electron chi connectivity index (χ2n) is 5.85. The maximum Gasteiger partial charge on any atom is 0.276 e. The lowest BCUT2D eigenvalue weighted by molar-refractivity contribution is -0.115. The van der Waals surface area contributed by atoms with Gasteiger partial charge in [0.15, 0.2) is 0 Å². The van der Waals surface area contributed by atoms with E-state index in [4.69, 9.17) is 39.5 Å². The zero-order chi connectivity index (χ0) is 16.9. The molecule has 1 amide bonds. The molecule has 7 heteroatoms. The number of alkyl halides is 3. The number of piperidine rings is 1. The van der Waals surface area contributed by atoms with E-state index in [9.17, 15) is 4.79 Å². The molecule has 1 heterocycles. The van der Waals surface area contributed by atoms with Crippen molar-refractivity contribution < 1.29 is 9.53 Å². The summed E-state index contributed by atoms with van der Waals surface area (Å²) in [7, 11) is 0. The fraction of sp³-hybridized carbons (Fsp3) is 0.562. The molecule has 1 aliphatic heterocycles. The predicted octanol–water partition coefficient (Wildman–Crippen LogP) is 4.11. The fourth-order valence-corrected chi connectivity index (χ4v) is 2.56. The summed E-state index contributed by atoms with van der Waals surface area (Å²) in [5, 5.41) is 2.52. The number of benzene rings is 1. The van der Waals surface area contributed by atoms with Crippen LogP contribution >= 0.6 is 34.8 Å². The lowest BCUT2D eigenvalue weighted by Gasteiger charge is -2.29. The second kappa shape index (κ2) is 8.43. The summed E-state index contributed by atoms with van der Waals surface area (Å²) >= 11 is 16.5. The number of nitrogens with one attached hydrogen (secondary N) is 1. The molecule has 1 aromatic rings. The van der Waals surface area contributed by atoms with E-state index >= 15 is 0 Å². The first-order valence-corrected chi connectivity index (χ1v) is 8.81. The molecule has 0 aromatic heterocycles. The van der Waals surface area contributed by atoms with E-state index < -0.39 is 9.70 Å². The van der Waals surface area contributed by atoms with Gasteiger partial charge in [0.1, 0.15) is 12.4 Å². The van der Waals surface area contributed by atoms with E-state index in [1.165, 1.54) is 12.8 Å². The maximum atomic E-state index is 11.5. The Kier molecular flexibility index (Phi) is 6.84. The van der Waals surface area contributed by atoms with Crippen LogP contribution in [0.15, 0.2) is 24.3 Å². The SMILES string of the molecule is CC1CCN(CCOc2ccc(NC(=O)C(Cl)(Cl)Cl)cc2)CC1. The van der Waals surface area contributed by atoms with E-state index in [1.807, 2.05) is 0 Å². The van der Waals surface area contributed by atoms with Crippen molar-refractivity contribution in [3.05, 3.63) is 24.3 Å². The van der Waals surface area contributed by atoms with Gasteiger partial charge in [-0.25, -0.2) is 0 Å². The highest BCUT2D eigenvalue weighted by Crippen LogP contribution is 2.28. The third-order valence-electron chi connectivity index (χ3n) is 3.92. The van der Waals surface area contributed by atoms with Gasteiger partial charge in [0.2, 0.25) is 0 Å². The van der Waals surface area contributed by atoms with Crippen molar-refractivity contribution in [3.63, 3.8) is 0 Å². The number of rotatable bonds is 5. The summed E-state index contributed by atoms with van der Waals surface area (Å²) in [6, 6.07) is 7.00. The Morgan fingerprint density at radius 3 is 2.43 bits per heavy atom. The number of likely N-dealkylation sites (tertiary alicyclic amines) is 1. The molecule has 1 aromatic carbocycles. The number of ether oxygens (including phenoxy) is 1. The summed E-state index contributed by atoms with van der Waals surface area (Å²) in [5.74, 6) is 0.903. The molecule has 0 radical (unpaired) electrons. The molecular weight excluding hydrogens is 359 g/mol. The summed E-state index contributed by atoms with van der Waals surface area (Å²) < 4.78 is 3.76. The largest absolute Gasteiger partial charge is 0.492 e. The topological polar surface area (TPSA) is 41.6 Å². The summed E-state index contributed by atoms with van der Waals surface area (Å²) in [4.78, 5) is 14.0. The molecule has 1 saturated heterocycles. The smallest absolute Gasteiger partial charge is 0.276 e. The first-order valence-electron chi connectivity index (χ1n) is 7.68. The zero-order valence-corrected chi connectivity index (χ0v) is 15.3. The Morgan fingerprint density at radius 1 is 1.26 bits per heavy atom. The molecule has 1 fully saturated rings. The zero-order valence-electron chi connectivity index (χ0n) is 13.0. The van der Waals surface area contributed by atoms with Crippen LogP contribution in [-0.4, -0.2) is 40.8 Å². The third-order valence-corrected chi connectivity index (χ3v) is 4.44. The van der Waals surface area contributed by atoms with Crippen LogP contribution in [0.2, 0.25) is 0 Å². The molecule has 0 saturated carbocycles. The Balaban J connectivity index is 1.73. The van der Waals surface area contributed by atoms with Gasteiger partial charge < -0.3 is 10.1 Å². The Hall–Kier alpha value is -0.680. The van der Waals surface area contributed by atoms with Crippen LogP contribution in [0.4, 0.5) is 5.69 Å². The molecule has 0 aliphatic carbocycles. The second-order valence-corrected chi connectivity index (χ2v) is 8.13. The first kappa shape index (κ1) is 18.7. The number of anilines is 1. The summed E-state index contributed by atoms with van der Waals surface area (Å²) in [5.41, 5.74) is 0.554. The van der Waals surface area contributed by atoms with Gasteiger partial charge in [-0.1, -0.05) is 41.7 Å². The van der Waals surface area contributed by atoms with E-state index in [0.717, 1.165) is 31.3 Å². The molecule has 128 valence electrons. The number of nitrogens with zero attached hydrogens (tertiary/aromatic N) is 1. The van der Waals surface area contributed by atoms with Crippen molar-refractivity contribution in [2.75, 3.05) is 31.6 Å². The van der Waals surface area contributed by atoms with E-state index in [-0.39, 0.29) is 0 Å². The highest BCUT2D eigenvalue weighted by molar-refractivity contribution is 6.76. The third kappa shape index (κ3) is 6.38. The van der Waals surface area contributed by atoms with Crippen molar-refractivity contribution >= 4 is 46.4 Å². The van der Waals surface area contributed by atoms with Gasteiger partial charge in [0.25, 0.3) is 9.70 Å². The van der Waals surface area contributed by atoms with E-state index in [0.29, 0.717) is 12.3 Å². The van der Waals surface area contributed by atoms with Crippen LogP contribution in [0, 0.1) is 5.92 Å². The van der Waals surface area contributed by atoms with Crippen molar-refractivity contribution in [1.82, 2.24) is 4.90 Å². The molecular formula is C16H21Cl3N2O2. The van der Waals surface area contributed by atoms with Crippen molar-refractivity contribution in [3.8, 4) is 5.75 Å².